The molecule has 3 aliphatic heterocycles. The molecule has 12 heteroatoms. The molecular weight excluding hydrogens is 548 g/mol. The van der Waals surface area contributed by atoms with Gasteiger partial charge in [0, 0.05) is 57.6 Å². The number of pyridine rings is 1. The van der Waals surface area contributed by atoms with Gasteiger partial charge >= 0.3 is 0 Å². The zero-order chi connectivity index (χ0) is 29.0. The van der Waals surface area contributed by atoms with Crippen LogP contribution in [0.4, 0.5) is 11.5 Å². The van der Waals surface area contributed by atoms with Crippen molar-refractivity contribution in [2.24, 2.45) is 18.4 Å². The molecule has 3 fully saturated rings. The van der Waals surface area contributed by atoms with E-state index in [1.807, 2.05) is 24.2 Å². The second kappa shape index (κ2) is 10.4. The van der Waals surface area contributed by atoms with E-state index < -0.39 is 0 Å². The molecule has 218 valence electrons. The van der Waals surface area contributed by atoms with E-state index in [1.165, 1.54) is 5.57 Å². The van der Waals surface area contributed by atoms with Gasteiger partial charge in [0.1, 0.15) is 22.8 Å². The molecule has 1 amide bonds. The molecule has 3 N–H and O–H groups in total. The molecule has 3 aromatic heterocycles. The number of nitrogen functional groups attached to an aromatic ring is 1. The highest BCUT2D eigenvalue weighted by Gasteiger charge is 2.51. The minimum absolute atomic E-state index is 0.144. The first-order valence-electron chi connectivity index (χ1n) is 14.6. The van der Waals surface area contributed by atoms with E-state index in [0.29, 0.717) is 35.3 Å². The van der Waals surface area contributed by atoms with Gasteiger partial charge < -0.3 is 16.0 Å². The third-order valence-corrected chi connectivity index (χ3v) is 10.1. The Bertz CT molecular complexity index is 1600. The van der Waals surface area contributed by atoms with E-state index in [9.17, 15) is 4.79 Å². The Morgan fingerprint density at radius 3 is 2.79 bits per heavy atom. The van der Waals surface area contributed by atoms with E-state index in [2.05, 4.69) is 37.5 Å². The average Bonchev–Trinajstić information content (AvgIpc) is 3.28. The molecule has 0 aromatic carbocycles. The quantitative estimate of drug-likeness (QED) is 0.385. The smallest absolute Gasteiger partial charge is 0.235 e. The Balaban J connectivity index is 0.956. The van der Waals surface area contributed by atoms with E-state index in [1.54, 1.807) is 28.4 Å². The van der Waals surface area contributed by atoms with Crippen LogP contribution in [-0.4, -0.2) is 85.4 Å². The zero-order valence-corrected chi connectivity index (χ0v) is 24.7. The van der Waals surface area contributed by atoms with Gasteiger partial charge in [0.15, 0.2) is 5.82 Å². The third kappa shape index (κ3) is 4.92. The summed E-state index contributed by atoms with van der Waals surface area (Å²) in [6.07, 6.45) is 10.4. The SMILES string of the molecule is C=C(CN1CC[C@]2(CCN(c3ccc(N)c(C(=N)C4CC4)n3)C2=O)C1)N1CC=C(c2ncc(-c3ncn(C)n3)s2)CC1. The number of rotatable bonds is 8. The van der Waals surface area contributed by atoms with Crippen molar-refractivity contribution in [3.63, 3.8) is 0 Å². The van der Waals surface area contributed by atoms with Gasteiger partial charge in [-0.2, -0.15) is 5.10 Å². The molecule has 42 heavy (non-hydrogen) atoms. The molecule has 1 aliphatic carbocycles. The molecule has 0 radical (unpaired) electrons. The molecular formula is C30H36N10OS. The highest BCUT2D eigenvalue weighted by molar-refractivity contribution is 7.16. The van der Waals surface area contributed by atoms with E-state index in [4.69, 9.17) is 16.1 Å². The molecule has 1 spiro atoms. The summed E-state index contributed by atoms with van der Waals surface area (Å²) in [6, 6.07) is 3.62. The monoisotopic (exact) mass is 584 g/mol. The van der Waals surface area contributed by atoms with Crippen molar-refractivity contribution >= 4 is 40.0 Å². The molecule has 0 unspecified atom stereocenters. The van der Waals surface area contributed by atoms with Crippen LogP contribution in [0.25, 0.3) is 16.3 Å². The van der Waals surface area contributed by atoms with Gasteiger partial charge in [-0.15, -0.1) is 11.3 Å². The molecule has 1 saturated carbocycles. The molecule has 2 saturated heterocycles. The fourth-order valence-electron chi connectivity index (χ4n) is 6.39. The summed E-state index contributed by atoms with van der Waals surface area (Å²) in [6.45, 7) is 9.14. The minimum Gasteiger partial charge on any atom is -0.397 e. The van der Waals surface area contributed by atoms with E-state index >= 15 is 0 Å². The number of amides is 1. The van der Waals surface area contributed by atoms with Crippen LogP contribution in [-0.2, 0) is 11.8 Å². The Kier molecular flexibility index (Phi) is 6.69. The lowest BCUT2D eigenvalue weighted by Gasteiger charge is -2.32. The maximum Gasteiger partial charge on any atom is 0.235 e. The minimum atomic E-state index is -0.381. The first-order chi connectivity index (χ1) is 20.3. The summed E-state index contributed by atoms with van der Waals surface area (Å²) in [5.74, 6) is 1.73. The van der Waals surface area contributed by atoms with Crippen LogP contribution in [0.2, 0.25) is 0 Å². The van der Waals surface area contributed by atoms with Crippen molar-refractivity contribution in [3.05, 3.63) is 53.7 Å². The summed E-state index contributed by atoms with van der Waals surface area (Å²) in [7, 11) is 1.86. The van der Waals surface area contributed by atoms with Gasteiger partial charge in [-0.25, -0.2) is 15.0 Å². The normalized spacial score (nSPS) is 22.8. The Morgan fingerprint density at radius 2 is 2.05 bits per heavy atom. The van der Waals surface area contributed by atoms with Gasteiger partial charge in [-0.1, -0.05) is 12.7 Å². The number of aromatic nitrogens is 5. The molecule has 3 aromatic rings. The number of hydrogen-bond donors (Lipinski definition) is 2. The summed E-state index contributed by atoms with van der Waals surface area (Å²) in [4.78, 5) is 34.9. The maximum absolute atomic E-state index is 13.8. The molecule has 1 atom stereocenters. The van der Waals surface area contributed by atoms with Crippen LogP contribution in [0.5, 0.6) is 0 Å². The number of aryl methyl sites for hydroxylation is 1. The fourth-order valence-corrected chi connectivity index (χ4v) is 7.31. The molecule has 0 bridgehead atoms. The van der Waals surface area contributed by atoms with Crippen LogP contribution in [0, 0.1) is 16.7 Å². The number of hydrogen-bond acceptors (Lipinski definition) is 10. The Morgan fingerprint density at radius 1 is 1.21 bits per heavy atom. The number of likely N-dealkylation sites (tertiary alicyclic amines) is 1. The van der Waals surface area contributed by atoms with Crippen molar-refractivity contribution in [1.29, 1.82) is 5.41 Å². The van der Waals surface area contributed by atoms with Crippen LogP contribution >= 0.6 is 11.3 Å². The summed E-state index contributed by atoms with van der Waals surface area (Å²) < 4.78 is 1.70. The van der Waals surface area contributed by atoms with Gasteiger partial charge in [0.25, 0.3) is 0 Å². The van der Waals surface area contributed by atoms with Crippen molar-refractivity contribution in [2.75, 3.05) is 49.9 Å². The maximum atomic E-state index is 13.8. The first kappa shape index (κ1) is 27.0. The van der Waals surface area contributed by atoms with Crippen LogP contribution in [0.15, 0.2) is 43.0 Å². The van der Waals surface area contributed by atoms with Gasteiger partial charge in [0.05, 0.1) is 21.7 Å². The third-order valence-electron chi connectivity index (χ3n) is 9.04. The Hall–Kier alpha value is -3.90. The molecule has 6 heterocycles. The standard InChI is InChI=1S/C30H36N10OS/c1-19(39-11-7-21(8-12-39)28-33-15-23(42-28)27-34-18-37(2)36-27)16-38-13-9-30(17-38)10-14-40(29(30)41)24-6-5-22(31)26(35-24)25(32)20-3-4-20/h5-7,15,18,20,32H,1,3-4,8-14,16-17,31H2,2H3/t30-/m0/s1. The number of nitrogens with zero attached hydrogens (tertiary/aromatic N) is 8. The van der Waals surface area contributed by atoms with E-state index in [0.717, 1.165) is 80.4 Å². The predicted octanol–water partition coefficient (Wildman–Crippen LogP) is 3.43. The summed E-state index contributed by atoms with van der Waals surface area (Å²) >= 11 is 1.63. The Labute approximate surface area is 249 Å². The van der Waals surface area contributed by atoms with Gasteiger partial charge in [-0.05, 0) is 56.4 Å². The van der Waals surface area contributed by atoms with Crippen molar-refractivity contribution in [3.8, 4) is 10.7 Å². The topological polar surface area (TPSA) is 133 Å². The molecule has 4 aliphatic rings. The van der Waals surface area contributed by atoms with E-state index in [-0.39, 0.29) is 17.2 Å². The number of nitrogens with one attached hydrogen (secondary N) is 1. The largest absolute Gasteiger partial charge is 0.397 e. The number of nitrogens with two attached hydrogens (primary N) is 1. The highest BCUT2D eigenvalue weighted by atomic mass is 32.1. The number of thiazole rings is 1. The van der Waals surface area contributed by atoms with Crippen LogP contribution < -0.4 is 10.6 Å². The number of carbonyl (C=O) groups is 1. The predicted molar refractivity (Wildman–Crippen MR) is 164 cm³/mol. The number of anilines is 2. The van der Waals surface area contributed by atoms with Crippen molar-refractivity contribution in [1.82, 2.24) is 34.5 Å². The van der Waals surface area contributed by atoms with Gasteiger partial charge in [-0.3, -0.25) is 19.3 Å². The number of carbonyl (C=O) groups excluding carboxylic acids is 1. The zero-order valence-electron chi connectivity index (χ0n) is 23.9. The van der Waals surface area contributed by atoms with Crippen LogP contribution in [0.1, 0.15) is 42.8 Å². The van der Waals surface area contributed by atoms with Crippen molar-refractivity contribution < 1.29 is 4.79 Å². The highest BCUT2D eigenvalue weighted by Crippen LogP contribution is 2.43. The van der Waals surface area contributed by atoms with Gasteiger partial charge in [0.2, 0.25) is 5.91 Å². The summed E-state index contributed by atoms with van der Waals surface area (Å²) in [5.41, 5.74) is 9.67. The summed E-state index contributed by atoms with van der Waals surface area (Å²) in [5, 5.41) is 13.9. The van der Waals surface area contributed by atoms with Crippen LogP contribution in [0.3, 0.4) is 0 Å². The molecule has 7 rings (SSSR count). The lowest BCUT2D eigenvalue weighted by molar-refractivity contribution is -0.125. The van der Waals surface area contributed by atoms with Crippen molar-refractivity contribution in [2.45, 2.75) is 32.1 Å². The second-order valence-corrected chi connectivity index (χ2v) is 13.0. The lowest BCUT2D eigenvalue weighted by Crippen LogP contribution is -2.39. The molecule has 11 nitrogen and oxygen atoms in total. The lowest BCUT2D eigenvalue weighted by atomic mass is 9.85. The fraction of sp³-hybridized carbons (Fsp3) is 0.467. The first-order valence-corrected chi connectivity index (χ1v) is 15.4. The second-order valence-electron chi connectivity index (χ2n) is 12.0. The average molecular weight is 585 g/mol.